The number of aryl methyl sites for hydroxylation is 2. The molecule has 8 heteroatoms. The number of sulfonamides is 1. The summed E-state index contributed by atoms with van der Waals surface area (Å²) in [4.78, 5) is 13.1. The number of carbonyl (C=O) groups excluding carboxylic acids is 1. The van der Waals surface area contributed by atoms with Gasteiger partial charge in [-0.2, -0.15) is 0 Å². The third-order valence-electron chi connectivity index (χ3n) is 5.41. The van der Waals surface area contributed by atoms with Crippen molar-refractivity contribution in [3.63, 3.8) is 0 Å². The molecule has 3 rings (SSSR count). The molecular weight excluding hydrogens is 443 g/mol. The van der Waals surface area contributed by atoms with Crippen molar-refractivity contribution in [2.75, 3.05) is 10.6 Å². The van der Waals surface area contributed by atoms with E-state index in [0.29, 0.717) is 16.5 Å². The maximum atomic E-state index is 13.1. The van der Waals surface area contributed by atoms with Gasteiger partial charge in [0, 0.05) is 10.0 Å². The molecule has 1 amide bonds. The second-order valence-corrected chi connectivity index (χ2v) is 10.5. The van der Waals surface area contributed by atoms with Crippen LogP contribution in [0.3, 0.4) is 0 Å². The monoisotopic (exact) mass is 468 g/mol. The zero-order chi connectivity index (χ0) is 22.1. The van der Waals surface area contributed by atoms with E-state index in [9.17, 15) is 13.2 Å². The molecule has 0 radical (unpaired) electrons. The Hall–Kier alpha value is -1.76. The number of nitrogens with one attached hydrogen (secondary N) is 1. The maximum Gasteiger partial charge on any atom is 0.244 e. The first-order valence-corrected chi connectivity index (χ1v) is 12.6. The lowest BCUT2D eigenvalue weighted by Gasteiger charge is -2.31. The minimum Gasteiger partial charge on any atom is -0.348 e. The highest BCUT2D eigenvalue weighted by Gasteiger charge is 2.32. The Morgan fingerprint density at radius 3 is 2.33 bits per heavy atom. The van der Waals surface area contributed by atoms with Crippen LogP contribution in [-0.4, -0.2) is 26.6 Å². The molecule has 0 aliphatic heterocycles. The number of halogens is 2. The van der Waals surface area contributed by atoms with Crippen LogP contribution in [0.2, 0.25) is 10.0 Å². The third-order valence-corrected chi connectivity index (χ3v) is 7.03. The lowest BCUT2D eigenvalue weighted by atomic mass is 10.0. The van der Waals surface area contributed by atoms with Crippen molar-refractivity contribution >= 4 is 44.8 Å². The highest BCUT2D eigenvalue weighted by atomic mass is 35.5. The van der Waals surface area contributed by atoms with Gasteiger partial charge in [-0.25, -0.2) is 8.42 Å². The van der Waals surface area contributed by atoms with Crippen LogP contribution in [0.25, 0.3) is 0 Å². The van der Waals surface area contributed by atoms with Gasteiger partial charge in [0.25, 0.3) is 0 Å². The molecule has 0 spiro atoms. The summed E-state index contributed by atoms with van der Waals surface area (Å²) in [6.45, 7) is 3.68. The number of hydrogen-bond acceptors (Lipinski definition) is 3. The average molecular weight is 469 g/mol. The molecule has 30 heavy (non-hydrogen) atoms. The Kier molecular flexibility index (Phi) is 7.00. The Bertz CT molecular complexity index is 1040. The van der Waals surface area contributed by atoms with Gasteiger partial charge in [0.05, 0.1) is 18.0 Å². The van der Waals surface area contributed by atoms with E-state index in [0.717, 1.165) is 35.4 Å². The van der Waals surface area contributed by atoms with Gasteiger partial charge in [0.2, 0.25) is 15.9 Å². The first-order valence-electron chi connectivity index (χ1n) is 9.97. The smallest absolute Gasteiger partial charge is 0.244 e. The van der Waals surface area contributed by atoms with E-state index in [1.807, 2.05) is 13.0 Å². The first kappa shape index (κ1) is 22.9. The Labute approximate surface area is 188 Å². The molecule has 5 nitrogen and oxygen atoms in total. The van der Waals surface area contributed by atoms with Gasteiger partial charge in [0.15, 0.2) is 0 Å². The number of anilines is 1. The summed E-state index contributed by atoms with van der Waals surface area (Å²) in [5.74, 6) is -0.368. The van der Waals surface area contributed by atoms with Crippen molar-refractivity contribution in [2.45, 2.75) is 51.6 Å². The number of rotatable bonds is 7. The molecule has 0 heterocycles. The minimum absolute atomic E-state index is 0.248. The lowest BCUT2D eigenvalue weighted by molar-refractivity contribution is -0.122. The van der Waals surface area contributed by atoms with E-state index < -0.39 is 16.1 Å². The predicted octanol–water partition coefficient (Wildman–Crippen LogP) is 4.90. The molecule has 0 bridgehead atoms. The second-order valence-electron chi connectivity index (χ2n) is 7.72. The van der Waals surface area contributed by atoms with E-state index in [1.165, 1.54) is 29.3 Å². The van der Waals surface area contributed by atoms with Crippen LogP contribution in [0.1, 0.15) is 49.4 Å². The molecular formula is C22H26Cl2N2O3S. The van der Waals surface area contributed by atoms with Crippen molar-refractivity contribution < 1.29 is 13.2 Å². The van der Waals surface area contributed by atoms with E-state index >= 15 is 0 Å². The molecule has 0 saturated carbocycles. The molecule has 0 unspecified atom stereocenters. The van der Waals surface area contributed by atoms with Crippen LogP contribution in [0.15, 0.2) is 36.4 Å². The van der Waals surface area contributed by atoms with Gasteiger partial charge in [0.1, 0.15) is 6.04 Å². The SMILES string of the molecule is CC[C@H](C(=O)N[C@@H](C)c1ccc2c(c1)CCC2)N(c1cc(Cl)cc(Cl)c1)S(C)(=O)=O. The fourth-order valence-corrected chi connectivity index (χ4v) is 5.69. The molecule has 1 N–H and O–H groups in total. The average Bonchev–Trinajstić information content (AvgIpc) is 3.11. The van der Waals surface area contributed by atoms with Gasteiger partial charge < -0.3 is 5.32 Å². The number of benzene rings is 2. The van der Waals surface area contributed by atoms with Crippen LogP contribution in [0.5, 0.6) is 0 Å². The maximum absolute atomic E-state index is 13.1. The summed E-state index contributed by atoms with van der Waals surface area (Å²) in [5.41, 5.74) is 3.97. The van der Waals surface area contributed by atoms with Crippen molar-refractivity contribution in [2.24, 2.45) is 0 Å². The zero-order valence-electron chi connectivity index (χ0n) is 17.3. The zero-order valence-corrected chi connectivity index (χ0v) is 19.6. The van der Waals surface area contributed by atoms with Gasteiger partial charge in [-0.3, -0.25) is 9.10 Å². The van der Waals surface area contributed by atoms with E-state index in [2.05, 4.69) is 17.4 Å². The molecule has 1 aliphatic carbocycles. The summed E-state index contributed by atoms with van der Waals surface area (Å²) in [6, 6.07) is 9.62. The van der Waals surface area contributed by atoms with Gasteiger partial charge in [-0.15, -0.1) is 0 Å². The molecule has 162 valence electrons. The largest absolute Gasteiger partial charge is 0.348 e. The van der Waals surface area contributed by atoms with E-state index in [-0.39, 0.29) is 17.6 Å². The molecule has 2 atom stereocenters. The summed E-state index contributed by atoms with van der Waals surface area (Å²) >= 11 is 12.2. The number of amides is 1. The molecule has 2 aromatic carbocycles. The topological polar surface area (TPSA) is 66.5 Å². The van der Waals surface area contributed by atoms with E-state index in [4.69, 9.17) is 23.2 Å². The number of nitrogens with zero attached hydrogens (tertiary/aromatic N) is 1. The molecule has 2 aromatic rings. The summed E-state index contributed by atoms with van der Waals surface area (Å²) in [7, 11) is -3.76. The standard InChI is InChI=1S/C22H26Cl2N2O3S/c1-4-21(26(30(3,28)29)20-12-18(23)11-19(24)13-20)22(27)25-14(2)16-9-8-15-6-5-7-17(15)10-16/h8-14,21H,4-7H2,1-3H3,(H,25,27)/t14-,21+/m0/s1. The van der Waals surface area contributed by atoms with Crippen molar-refractivity contribution in [1.29, 1.82) is 0 Å². The predicted molar refractivity (Wildman–Crippen MR) is 123 cm³/mol. The van der Waals surface area contributed by atoms with Crippen molar-refractivity contribution in [3.8, 4) is 0 Å². The number of carbonyl (C=O) groups is 1. The third kappa shape index (κ3) is 5.10. The van der Waals surface area contributed by atoms with Crippen LogP contribution in [0.4, 0.5) is 5.69 Å². The van der Waals surface area contributed by atoms with Gasteiger partial charge in [-0.05, 0) is 67.5 Å². The Balaban J connectivity index is 1.87. The fraction of sp³-hybridized carbons (Fsp3) is 0.409. The fourth-order valence-electron chi connectivity index (χ4n) is 3.98. The van der Waals surface area contributed by atoms with Gasteiger partial charge in [-0.1, -0.05) is 48.3 Å². The highest BCUT2D eigenvalue weighted by molar-refractivity contribution is 7.92. The highest BCUT2D eigenvalue weighted by Crippen LogP contribution is 2.30. The molecule has 0 aromatic heterocycles. The van der Waals surface area contributed by atoms with Crippen LogP contribution < -0.4 is 9.62 Å². The minimum atomic E-state index is -3.76. The van der Waals surface area contributed by atoms with Crippen LogP contribution in [-0.2, 0) is 27.7 Å². The summed E-state index contributed by atoms with van der Waals surface area (Å²) in [6.07, 6.45) is 4.67. The molecule has 0 fully saturated rings. The number of hydrogen-bond donors (Lipinski definition) is 1. The number of fused-ring (bicyclic) bond motifs is 1. The van der Waals surface area contributed by atoms with Gasteiger partial charge >= 0.3 is 0 Å². The summed E-state index contributed by atoms with van der Waals surface area (Å²) in [5, 5.41) is 3.58. The van der Waals surface area contributed by atoms with Crippen molar-refractivity contribution in [1.82, 2.24) is 5.32 Å². The Morgan fingerprint density at radius 1 is 1.10 bits per heavy atom. The summed E-state index contributed by atoms with van der Waals surface area (Å²) < 4.78 is 26.3. The first-order chi connectivity index (χ1) is 14.1. The van der Waals surface area contributed by atoms with Crippen LogP contribution >= 0.6 is 23.2 Å². The lowest BCUT2D eigenvalue weighted by Crippen LogP contribution is -2.49. The Morgan fingerprint density at radius 2 is 1.73 bits per heavy atom. The second kappa shape index (κ2) is 9.16. The van der Waals surface area contributed by atoms with E-state index in [1.54, 1.807) is 6.92 Å². The van der Waals surface area contributed by atoms with Crippen LogP contribution in [0, 0.1) is 0 Å². The molecule has 1 aliphatic rings. The molecule has 0 saturated heterocycles. The van der Waals surface area contributed by atoms with Crippen molar-refractivity contribution in [3.05, 3.63) is 63.1 Å². The quantitative estimate of drug-likeness (QED) is 0.627. The normalized spacial score (nSPS) is 15.4.